The largest absolute Gasteiger partial charge is 0.320 e. The molecule has 3 rings (SSSR count). The minimum Gasteiger partial charge on any atom is -0.320 e. The van der Waals surface area contributed by atoms with E-state index in [1.54, 1.807) is 0 Å². The lowest BCUT2D eigenvalue weighted by molar-refractivity contribution is 0.852. The zero-order valence-corrected chi connectivity index (χ0v) is 11.3. The molecule has 18 heavy (non-hydrogen) atoms. The van der Waals surface area contributed by atoms with Crippen molar-refractivity contribution >= 4 is 39.5 Å². The summed E-state index contributed by atoms with van der Waals surface area (Å²) in [7, 11) is 0. The predicted molar refractivity (Wildman–Crippen MR) is 79.2 cm³/mol. The molecule has 1 nitrogen and oxygen atoms in total. The summed E-state index contributed by atoms with van der Waals surface area (Å²) in [5, 5.41) is 2.42. The maximum atomic E-state index is 6.32. The molecule has 92 valence electrons. The highest BCUT2D eigenvalue weighted by Gasteiger charge is 2.25. The van der Waals surface area contributed by atoms with Crippen molar-refractivity contribution in [3.63, 3.8) is 0 Å². The summed E-state index contributed by atoms with van der Waals surface area (Å²) in [4.78, 5) is 0. The molecule has 1 unspecified atom stereocenters. The second-order valence-electron chi connectivity index (χ2n) is 4.50. The van der Waals surface area contributed by atoms with E-state index >= 15 is 0 Å². The summed E-state index contributed by atoms with van der Waals surface area (Å²) < 4.78 is 0. The Hall–Kier alpha value is -1.02. The Morgan fingerprint density at radius 3 is 2.39 bits per heavy atom. The molecule has 2 aromatic carbocycles. The standard InChI is InChI=1S/C15H13Cl2N/c16-7-12-10-5-1-3-9-4-2-6-11(14(9)10)15(18)13(12)8-17/h1-6,15H,7-8,18H2. The lowest BCUT2D eigenvalue weighted by Crippen LogP contribution is -2.20. The molecule has 0 amide bonds. The highest BCUT2D eigenvalue weighted by molar-refractivity contribution is 6.26. The minimum absolute atomic E-state index is 0.144. The van der Waals surface area contributed by atoms with Crippen LogP contribution in [0.4, 0.5) is 0 Å². The maximum Gasteiger partial charge on any atom is 0.0535 e. The Balaban J connectivity index is 2.43. The fourth-order valence-electron chi connectivity index (χ4n) is 2.75. The van der Waals surface area contributed by atoms with Crippen LogP contribution in [0.1, 0.15) is 17.2 Å². The molecular weight excluding hydrogens is 265 g/mol. The maximum absolute atomic E-state index is 6.32. The van der Waals surface area contributed by atoms with Gasteiger partial charge in [0.15, 0.2) is 0 Å². The van der Waals surface area contributed by atoms with E-state index in [2.05, 4.69) is 30.3 Å². The molecule has 1 aliphatic rings. The molecule has 0 aromatic heterocycles. The number of allylic oxidation sites excluding steroid dienone is 1. The summed E-state index contributed by atoms with van der Waals surface area (Å²) >= 11 is 12.2. The van der Waals surface area contributed by atoms with Gasteiger partial charge in [0.1, 0.15) is 0 Å². The summed E-state index contributed by atoms with van der Waals surface area (Å²) in [5.74, 6) is 0.872. The van der Waals surface area contributed by atoms with E-state index in [0.29, 0.717) is 11.8 Å². The van der Waals surface area contributed by atoms with Crippen molar-refractivity contribution in [2.24, 2.45) is 5.73 Å². The van der Waals surface area contributed by atoms with Gasteiger partial charge in [-0.2, -0.15) is 0 Å². The summed E-state index contributed by atoms with van der Waals surface area (Å²) in [6, 6.07) is 12.3. The van der Waals surface area contributed by atoms with Crippen molar-refractivity contribution in [2.75, 3.05) is 11.8 Å². The zero-order valence-electron chi connectivity index (χ0n) is 9.79. The first-order chi connectivity index (χ1) is 8.77. The Bertz CT molecular complexity index is 641. The van der Waals surface area contributed by atoms with Gasteiger partial charge in [-0.05, 0) is 33.0 Å². The van der Waals surface area contributed by atoms with Crippen molar-refractivity contribution in [1.29, 1.82) is 0 Å². The van der Waals surface area contributed by atoms with Crippen LogP contribution in [0.25, 0.3) is 16.3 Å². The molecule has 2 N–H and O–H groups in total. The van der Waals surface area contributed by atoms with Crippen molar-refractivity contribution in [2.45, 2.75) is 6.04 Å². The highest BCUT2D eigenvalue weighted by Crippen LogP contribution is 2.41. The van der Waals surface area contributed by atoms with Gasteiger partial charge in [0.05, 0.1) is 6.04 Å². The SMILES string of the molecule is NC1C(CCl)=C(CCl)c2cccc3cccc1c23. The summed E-state index contributed by atoms with van der Waals surface area (Å²) in [6.45, 7) is 0. The highest BCUT2D eigenvalue weighted by atomic mass is 35.5. The van der Waals surface area contributed by atoms with Crippen LogP contribution in [0.3, 0.4) is 0 Å². The van der Waals surface area contributed by atoms with Crippen molar-refractivity contribution in [3.05, 3.63) is 53.1 Å². The topological polar surface area (TPSA) is 26.0 Å². The quantitative estimate of drug-likeness (QED) is 0.823. The van der Waals surface area contributed by atoms with Crippen molar-refractivity contribution in [1.82, 2.24) is 0 Å². The van der Waals surface area contributed by atoms with E-state index in [0.717, 1.165) is 16.7 Å². The lowest BCUT2D eigenvalue weighted by Gasteiger charge is -2.27. The smallest absolute Gasteiger partial charge is 0.0535 e. The van der Waals surface area contributed by atoms with E-state index in [-0.39, 0.29) is 6.04 Å². The van der Waals surface area contributed by atoms with E-state index in [1.165, 1.54) is 16.3 Å². The van der Waals surface area contributed by atoms with Gasteiger partial charge < -0.3 is 5.73 Å². The Kier molecular flexibility index (Phi) is 3.06. The van der Waals surface area contributed by atoms with Gasteiger partial charge in [0.2, 0.25) is 0 Å². The Morgan fingerprint density at radius 2 is 1.72 bits per heavy atom. The third kappa shape index (κ3) is 1.58. The third-order valence-corrected chi connectivity index (χ3v) is 4.19. The molecule has 0 bridgehead atoms. The van der Waals surface area contributed by atoms with Gasteiger partial charge in [-0.15, -0.1) is 23.2 Å². The van der Waals surface area contributed by atoms with E-state index < -0.39 is 0 Å². The first kappa shape index (κ1) is 12.0. The Morgan fingerprint density at radius 1 is 1.00 bits per heavy atom. The van der Waals surface area contributed by atoms with Gasteiger partial charge >= 0.3 is 0 Å². The molecule has 0 aliphatic heterocycles. The van der Waals surface area contributed by atoms with Crippen molar-refractivity contribution in [3.8, 4) is 0 Å². The fourth-order valence-corrected chi connectivity index (χ4v) is 3.39. The number of halogens is 2. The lowest BCUT2D eigenvalue weighted by atomic mass is 9.82. The number of nitrogens with two attached hydrogens (primary N) is 1. The van der Waals surface area contributed by atoms with Crippen LogP contribution in [0, 0.1) is 0 Å². The summed E-state index contributed by atoms with van der Waals surface area (Å²) in [6.07, 6.45) is 0. The number of alkyl halides is 2. The van der Waals surface area contributed by atoms with Gasteiger partial charge in [-0.25, -0.2) is 0 Å². The molecule has 1 aliphatic carbocycles. The molecule has 0 radical (unpaired) electrons. The van der Waals surface area contributed by atoms with E-state index in [4.69, 9.17) is 28.9 Å². The predicted octanol–water partition coefficient (Wildman–Crippen LogP) is 4.08. The van der Waals surface area contributed by atoms with Gasteiger partial charge in [0.25, 0.3) is 0 Å². The van der Waals surface area contributed by atoms with Crippen LogP contribution in [0.2, 0.25) is 0 Å². The van der Waals surface area contributed by atoms with Crippen molar-refractivity contribution < 1.29 is 0 Å². The van der Waals surface area contributed by atoms with Gasteiger partial charge in [-0.3, -0.25) is 0 Å². The second-order valence-corrected chi connectivity index (χ2v) is 5.03. The van der Waals surface area contributed by atoms with E-state index in [1.807, 2.05) is 6.07 Å². The Labute approximate surface area is 116 Å². The molecule has 3 heteroatoms. The third-order valence-electron chi connectivity index (χ3n) is 3.64. The molecule has 0 saturated carbocycles. The van der Waals surface area contributed by atoms with Crippen LogP contribution in [-0.2, 0) is 0 Å². The molecular formula is C15H13Cl2N. The van der Waals surface area contributed by atoms with Crippen LogP contribution >= 0.6 is 23.2 Å². The average Bonchev–Trinajstić information content (AvgIpc) is 2.42. The fraction of sp³-hybridized carbons (Fsp3) is 0.200. The normalized spacial score (nSPS) is 18.5. The van der Waals surface area contributed by atoms with Crippen LogP contribution < -0.4 is 5.73 Å². The van der Waals surface area contributed by atoms with Gasteiger partial charge in [0, 0.05) is 11.8 Å². The van der Waals surface area contributed by atoms with Crippen LogP contribution in [0.5, 0.6) is 0 Å². The first-order valence-electron chi connectivity index (χ1n) is 5.89. The molecule has 0 saturated heterocycles. The number of rotatable bonds is 2. The minimum atomic E-state index is -0.144. The number of hydrogen-bond donors (Lipinski definition) is 1. The monoisotopic (exact) mass is 277 g/mol. The first-order valence-corrected chi connectivity index (χ1v) is 6.96. The number of hydrogen-bond acceptors (Lipinski definition) is 1. The van der Waals surface area contributed by atoms with Crippen LogP contribution in [0.15, 0.2) is 42.0 Å². The summed E-state index contributed by atoms with van der Waals surface area (Å²) in [5.41, 5.74) is 10.8. The molecule has 2 aromatic rings. The molecule has 0 spiro atoms. The molecule has 0 fully saturated rings. The zero-order chi connectivity index (χ0) is 12.7. The number of benzene rings is 2. The molecule has 0 heterocycles. The molecule has 1 atom stereocenters. The van der Waals surface area contributed by atoms with E-state index in [9.17, 15) is 0 Å². The van der Waals surface area contributed by atoms with Gasteiger partial charge in [-0.1, -0.05) is 36.4 Å². The average molecular weight is 278 g/mol. The second kappa shape index (κ2) is 4.58. The van der Waals surface area contributed by atoms with Crippen LogP contribution in [-0.4, -0.2) is 11.8 Å².